The SMILES string of the molecule is Cc1ccc(C2/C(=C(/O)c3ccc4c(c3)CCCO4)C(=O)C(=O)N2CCc2ccc(F)cc2)o1. The third-order valence-corrected chi connectivity index (χ3v) is 6.31. The summed E-state index contributed by atoms with van der Waals surface area (Å²) in [6, 6.07) is 13.9. The molecule has 3 heterocycles. The molecule has 0 saturated carbocycles. The van der Waals surface area contributed by atoms with Gasteiger partial charge < -0.3 is 19.2 Å². The molecule has 5 rings (SSSR count). The first-order valence-corrected chi connectivity index (χ1v) is 11.3. The summed E-state index contributed by atoms with van der Waals surface area (Å²) in [6.45, 7) is 2.63. The maximum absolute atomic E-state index is 13.3. The highest BCUT2D eigenvalue weighted by atomic mass is 19.1. The second-order valence-electron chi connectivity index (χ2n) is 8.59. The summed E-state index contributed by atoms with van der Waals surface area (Å²) >= 11 is 0. The lowest BCUT2D eigenvalue weighted by Gasteiger charge is -2.23. The van der Waals surface area contributed by atoms with Gasteiger partial charge in [-0.2, -0.15) is 0 Å². The first kappa shape index (κ1) is 21.9. The lowest BCUT2D eigenvalue weighted by molar-refractivity contribution is -0.140. The van der Waals surface area contributed by atoms with E-state index in [1.807, 2.05) is 0 Å². The van der Waals surface area contributed by atoms with E-state index in [2.05, 4.69) is 0 Å². The Hall–Kier alpha value is -3.87. The van der Waals surface area contributed by atoms with Gasteiger partial charge in [0, 0.05) is 12.1 Å². The van der Waals surface area contributed by atoms with Crippen LogP contribution in [0.4, 0.5) is 4.39 Å². The Bertz CT molecular complexity index is 1290. The smallest absolute Gasteiger partial charge is 0.295 e. The Balaban J connectivity index is 1.54. The van der Waals surface area contributed by atoms with Crippen molar-refractivity contribution in [1.29, 1.82) is 0 Å². The number of fused-ring (bicyclic) bond motifs is 1. The zero-order chi connectivity index (χ0) is 23.8. The van der Waals surface area contributed by atoms with Crippen molar-refractivity contribution in [1.82, 2.24) is 4.90 Å². The number of aliphatic hydroxyl groups is 1. The molecule has 7 heteroatoms. The van der Waals surface area contributed by atoms with Crippen LogP contribution in [-0.4, -0.2) is 34.8 Å². The highest BCUT2D eigenvalue weighted by Crippen LogP contribution is 2.40. The molecule has 2 aliphatic rings. The summed E-state index contributed by atoms with van der Waals surface area (Å²) in [5, 5.41) is 11.2. The number of ketones is 1. The summed E-state index contributed by atoms with van der Waals surface area (Å²) in [5.74, 6) is -0.251. The van der Waals surface area contributed by atoms with E-state index < -0.39 is 17.7 Å². The highest BCUT2D eigenvalue weighted by molar-refractivity contribution is 6.46. The number of benzene rings is 2. The quantitative estimate of drug-likeness (QED) is 0.338. The Morgan fingerprint density at radius 3 is 2.65 bits per heavy atom. The Kier molecular flexibility index (Phi) is 5.69. The largest absolute Gasteiger partial charge is 0.507 e. The van der Waals surface area contributed by atoms with E-state index in [1.54, 1.807) is 49.4 Å². The van der Waals surface area contributed by atoms with Crippen LogP contribution in [0.1, 0.15) is 40.7 Å². The average molecular weight is 461 g/mol. The maximum atomic E-state index is 13.3. The van der Waals surface area contributed by atoms with E-state index in [9.17, 15) is 19.1 Å². The number of ether oxygens (including phenoxy) is 1. The number of rotatable bonds is 5. The number of Topliss-reactive ketones (excluding diaryl/α,β-unsaturated/α-hetero) is 1. The highest BCUT2D eigenvalue weighted by Gasteiger charge is 2.47. The molecule has 1 saturated heterocycles. The fourth-order valence-electron chi connectivity index (χ4n) is 4.57. The number of amides is 1. The molecular formula is C27H24FNO5. The van der Waals surface area contributed by atoms with Crippen LogP contribution in [0.25, 0.3) is 5.76 Å². The molecule has 6 nitrogen and oxygen atoms in total. The van der Waals surface area contributed by atoms with Crippen LogP contribution < -0.4 is 4.74 Å². The molecule has 0 bridgehead atoms. The Morgan fingerprint density at radius 2 is 1.91 bits per heavy atom. The van der Waals surface area contributed by atoms with Gasteiger partial charge in [0.05, 0.1) is 12.2 Å². The maximum Gasteiger partial charge on any atom is 0.295 e. The molecule has 34 heavy (non-hydrogen) atoms. The fraction of sp³-hybridized carbons (Fsp3) is 0.259. The normalized spacial score (nSPS) is 19.2. The number of aliphatic hydroxyl groups excluding tert-OH is 1. The molecule has 1 unspecified atom stereocenters. The molecule has 2 aliphatic heterocycles. The number of hydrogen-bond donors (Lipinski definition) is 1. The van der Waals surface area contributed by atoms with Gasteiger partial charge >= 0.3 is 0 Å². The van der Waals surface area contributed by atoms with E-state index in [-0.39, 0.29) is 23.7 Å². The summed E-state index contributed by atoms with van der Waals surface area (Å²) in [7, 11) is 0. The van der Waals surface area contributed by atoms with Crippen LogP contribution in [0.3, 0.4) is 0 Å². The number of furan rings is 1. The molecule has 1 atom stereocenters. The number of hydrogen-bond acceptors (Lipinski definition) is 5. The van der Waals surface area contributed by atoms with Crippen LogP contribution in [0, 0.1) is 12.7 Å². The average Bonchev–Trinajstić information content (AvgIpc) is 3.38. The molecule has 0 radical (unpaired) electrons. The summed E-state index contributed by atoms with van der Waals surface area (Å²) in [5.41, 5.74) is 2.22. The number of halogens is 1. The Labute approximate surface area is 196 Å². The molecule has 1 aromatic heterocycles. The molecule has 1 amide bonds. The number of aryl methyl sites for hydroxylation is 2. The van der Waals surface area contributed by atoms with Crippen molar-refractivity contribution in [3.63, 3.8) is 0 Å². The minimum Gasteiger partial charge on any atom is -0.507 e. The lowest BCUT2D eigenvalue weighted by Crippen LogP contribution is -2.31. The summed E-state index contributed by atoms with van der Waals surface area (Å²) in [4.78, 5) is 27.6. The molecular weight excluding hydrogens is 437 g/mol. The minimum absolute atomic E-state index is 0.00451. The zero-order valence-electron chi connectivity index (χ0n) is 18.7. The molecule has 3 aromatic rings. The van der Waals surface area contributed by atoms with Crippen LogP contribution in [0.15, 0.2) is 64.6 Å². The van der Waals surface area contributed by atoms with Gasteiger partial charge in [-0.25, -0.2) is 4.39 Å². The van der Waals surface area contributed by atoms with Crippen molar-refractivity contribution in [3.8, 4) is 5.75 Å². The molecule has 2 aromatic carbocycles. The van der Waals surface area contributed by atoms with Gasteiger partial charge in [-0.3, -0.25) is 9.59 Å². The van der Waals surface area contributed by atoms with Crippen LogP contribution in [0.5, 0.6) is 5.75 Å². The summed E-state index contributed by atoms with van der Waals surface area (Å²) < 4.78 is 24.7. The monoisotopic (exact) mass is 461 g/mol. The second kappa shape index (κ2) is 8.82. The van der Waals surface area contributed by atoms with E-state index in [4.69, 9.17) is 9.15 Å². The molecule has 174 valence electrons. The Morgan fingerprint density at radius 1 is 1.12 bits per heavy atom. The lowest BCUT2D eigenvalue weighted by atomic mass is 9.96. The van der Waals surface area contributed by atoms with E-state index in [0.29, 0.717) is 30.1 Å². The van der Waals surface area contributed by atoms with Gasteiger partial charge in [0.15, 0.2) is 0 Å². The first-order chi connectivity index (χ1) is 16.4. The van der Waals surface area contributed by atoms with Crippen molar-refractivity contribution in [2.24, 2.45) is 0 Å². The van der Waals surface area contributed by atoms with Crippen LogP contribution in [-0.2, 0) is 22.4 Å². The van der Waals surface area contributed by atoms with Crippen LogP contribution in [0.2, 0.25) is 0 Å². The van der Waals surface area contributed by atoms with Crippen molar-refractivity contribution >= 4 is 17.4 Å². The third-order valence-electron chi connectivity index (χ3n) is 6.31. The number of carbonyl (C=O) groups is 2. The van der Waals surface area contributed by atoms with Crippen molar-refractivity contribution in [2.45, 2.75) is 32.2 Å². The molecule has 1 N–H and O–H groups in total. The van der Waals surface area contributed by atoms with Gasteiger partial charge in [0.25, 0.3) is 11.7 Å². The zero-order valence-corrected chi connectivity index (χ0v) is 18.7. The predicted molar refractivity (Wildman–Crippen MR) is 123 cm³/mol. The molecule has 1 fully saturated rings. The van der Waals surface area contributed by atoms with Crippen molar-refractivity contribution < 1.29 is 28.2 Å². The van der Waals surface area contributed by atoms with Gasteiger partial charge in [-0.15, -0.1) is 0 Å². The number of carbonyl (C=O) groups excluding carboxylic acids is 2. The number of likely N-dealkylation sites (tertiary alicyclic amines) is 1. The van der Waals surface area contributed by atoms with Gasteiger partial charge in [0.2, 0.25) is 0 Å². The molecule has 0 spiro atoms. The van der Waals surface area contributed by atoms with Gasteiger partial charge in [-0.1, -0.05) is 12.1 Å². The first-order valence-electron chi connectivity index (χ1n) is 11.3. The topological polar surface area (TPSA) is 80.0 Å². The third kappa shape index (κ3) is 3.98. The standard InChI is InChI=1S/C27H24FNO5/c1-16-4-10-22(34-16)24-23(25(30)19-7-11-21-18(15-19)3-2-14-33-21)26(31)27(32)29(24)13-12-17-5-8-20(28)9-6-17/h4-11,15,24,30H,2-3,12-14H2,1H3/b25-23-. The summed E-state index contributed by atoms with van der Waals surface area (Å²) in [6.07, 6.45) is 2.10. The van der Waals surface area contributed by atoms with E-state index >= 15 is 0 Å². The van der Waals surface area contributed by atoms with Gasteiger partial charge in [0.1, 0.15) is 34.9 Å². The van der Waals surface area contributed by atoms with Crippen molar-refractivity contribution in [2.75, 3.05) is 13.2 Å². The predicted octanol–water partition coefficient (Wildman–Crippen LogP) is 4.72. The van der Waals surface area contributed by atoms with Crippen molar-refractivity contribution in [3.05, 3.63) is 94.2 Å². The van der Waals surface area contributed by atoms with Gasteiger partial charge in [-0.05, 0) is 79.8 Å². The molecule has 0 aliphatic carbocycles. The fourth-order valence-corrected chi connectivity index (χ4v) is 4.57. The van der Waals surface area contributed by atoms with E-state index in [0.717, 1.165) is 29.7 Å². The number of nitrogens with zero attached hydrogens (tertiary/aromatic N) is 1. The minimum atomic E-state index is -0.860. The van der Waals surface area contributed by atoms with Crippen LogP contribution >= 0.6 is 0 Å². The van der Waals surface area contributed by atoms with E-state index in [1.165, 1.54) is 17.0 Å². The second-order valence-corrected chi connectivity index (χ2v) is 8.59.